The summed E-state index contributed by atoms with van der Waals surface area (Å²) >= 11 is 0. The Kier molecular flexibility index (Phi) is 6.32. The Balaban J connectivity index is 1.33. The molecular weight excluding hydrogens is 210 g/mol. The van der Waals surface area contributed by atoms with Crippen molar-refractivity contribution >= 4 is 0 Å². The van der Waals surface area contributed by atoms with E-state index in [1.54, 1.807) is 0 Å². The monoisotopic (exact) mass is 239 g/mol. The molecule has 17 heavy (non-hydrogen) atoms. The van der Waals surface area contributed by atoms with Gasteiger partial charge in [0.1, 0.15) is 0 Å². The molecule has 0 aromatic carbocycles. The molecule has 100 valence electrons. The Morgan fingerprint density at radius 2 is 1.06 bits per heavy atom. The maximum absolute atomic E-state index is 3.58. The van der Waals surface area contributed by atoms with Gasteiger partial charge in [0, 0.05) is 0 Å². The highest BCUT2D eigenvalue weighted by molar-refractivity contribution is 4.67. The van der Waals surface area contributed by atoms with E-state index in [1.165, 1.54) is 90.9 Å². The zero-order valence-electron chi connectivity index (χ0n) is 11.3. The summed E-state index contributed by atoms with van der Waals surface area (Å²) in [6.07, 6.45) is 8.33. The van der Waals surface area contributed by atoms with Gasteiger partial charge in [-0.2, -0.15) is 0 Å². The normalized spacial score (nSPS) is 22.6. The summed E-state index contributed by atoms with van der Waals surface area (Å²) in [6.45, 7) is 10.4. The van der Waals surface area contributed by atoms with Crippen LogP contribution in [0.25, 0.3) is 0 Å². The molecule has 0 aromatic heterocycles. The van der Waals surface area contributed by atoms with Gasteiger partial charge < -0.3 is 15.1 Å². The topological polar surface area (TPSA) is 18.5 Å². The third-order valence-electron chi connectivity index (χ3n) is 4.05. The van der Waals surface area contributed by atoms with Crippen molar-refractivity contribution in [3.8, 4) is 0 Å². The first-order valence-electron chi connectivity index (χ1n) is 7.60. The van der Waals surface area contributed by atoms with Gasteiger partial charge >= 0.3 is 0 Å². The van der Waals surface area contributed by atoms with Crippen LogP contribution in [0.3, 0.4) is 0 Å². The van der Waals surface area contributed by atoms with Gasteiger partial charge in [0.05, 0.1) is 0 Å². The zero-order valence-corrected chi connectivity index (χ0v) is 11.3. The largest absolute Gasteiger partial charge is 0.317 e. The van der Waals surface area contributed by atoms with Crippen LogP contribution in [-0.2, 0) is 0 Å². The Bertz CT molecular complexity index is 164. The van der Waals surface area contributed by atoms with Crippen LogP contribution in [0.1, 0.15) is 38.5 Å². The Morgan fingerprint density at radius 3 is 1.47 bits per heavy atom. The summed E-state index contributed by atoms with van der Waals surface area (Å²) < 4.78 is 0. The van der Waals surface area contributed by atoms with E-state index in [9.17, 15) is 0 Å². The fourth-order valence-corrected chi connectivity index (χ4v) is 2.99. The Morgan fingerprint density at radius 1 is 0.647 bits per heavy atom. The molecule has 0 saturated carbocycles. The average Bonchev–Trinajstić information content (AvgIpc) is 3.00. The van der Waals surface area contributed by atoms with Gasteiger partial charge in [-0.3, -0.25) is 0 Å². The molecule has 2 saturated heterocycles. The molecule has 1 N–H and O–H groups in total. The summed E-state index contributed by atoms with van der Waals surface area (Å²) in [4.78, 5) is 5.21. The highest BCUT2D eigenvalue weighted by Crippen LogP contribution is 2.07. The van der Waals surface area contributed by atoms with E-state index in [-0.39, 0.29) is 0 Å². The standard InChI is InChI=1S/C14H29N3/c1-2-10-16(9-1)13-5-7-15-8-6-14-17-11-3-4-12-17/h15H,1-14H2. The Hall–Kier alpha value is -0.120. The summed E-state index contributed by atoms with van der Waals surface area (Å²) in [5.41, 5.74) is 0. The molecule has 0 bridgehead atoms. The molecule has 2 aliphatic heterocycles. The van der Waals surface area contributed by atoms with E-state index in [4.69, 9.17) is 0 Å². The number of hydrogen-bond donors (Lipinski definition) is 1. The van der Waals surface area contributed by atoms with Crippen LogP contribution < -0.4 is 5.32 Å². The van der Waals surface area contributed by atoms with Gasteiger partial charge in [-0.25, -0.2) is 0 Å². The van der Waals surface area contributed by atoms with E-state index in [2.05, 4.69) is 15.1 Å². The van der Waals surface area contributed by atoms with E-state index in [0.29, 0.717) is 0 Å². The van der Waals surface area contributed by atoms with Crippen molar-refractivity contribution in [3.05, 3.63) is 0 Å². The smallest absolute Gasteiger partial charge is 0.000664 e. The quantitative estimate of drug-likeness (QED) is 0.648. The molecule has 0 aliphatic carbocycles. The maximum atomic E-state index is 3.58. The number of rotatable bonds is 8. The van der Waals surface area contributed by atoms with Crippen molar-refractivity contribution < 1.29 is 0 Å². The van der Waals surface area contributed by atoms with Crippen LogP contribution >= 0.6 is 0 Å². The minimum Gasteiger partial charge on any atom is -0.317 e. The van der Waals surface area contributed by atoms with Gasteiger partial charge in [-0.05, 0) is 90.9 Å². The second kappa shape index (κ2) is 8.06. The van der Waals surface area contributed by atoms with E-state index >= 15 is 0 Å². The van der Waals surface area contributed by atoms with Crippen LogP contribution in [0.4, 0.5) is 0 Å². The summed E-state index contributed by atoms with van der Waals surface area (Å²) in [5, 5.41) is 3.58. The minimum absolute atomic E-state index is 1.20. The first kappa shape index (κ1) is 13.3. The third kappa shape index (κ3) is 5.36. The second-order valence-electron chi connectivity index (χ2n) is 5.55. The van der Waals surface area contributed by atoms with Crippen LogP contribution in [0, 0.1) is 0 Å². The van der Waals surface area contributed by atoms with Crippen molar-refractivity contribution in [2.75, 3.05) is 52.4 Å². The summed E-state index contributed by atoms with van der Waals surface area (Å²) in [6, 6.07) is 0. The fourth-order valence-electron chi connectivity index (χ4n) is 2.99. The molecule has 0 amide bonds. The Labute approximate surface area is 107 Å². The predicted molar refractivity (Wildman–Crippen MR) is 73.5 cm³/mol. The van der Waals surface area contributed by atoms with Gasteiger partial charge in [0.15, 0.2) is 0 Å². The molecule has 0 atom stereocenters. The molecule has 2 fully saturated rings. The molecule has 0 radical (unpaired) electrons. The first-order valence-corrected chi connectivity index (χ1v) is 7.60. The van der Waals surface area contributed by atoms with Gasteiger partial charge in [-0.1, -0.05) is 0 Å². The average molecular weight is 239 g/mol. The van der Waals surface area contributed by atoms with Crippen LogP contribution in [0.5, 0.6) is 0 Å². The highest BCUT2D eigenvalue weighted by atomic mass is 15.1. The molecule has 2 rings (SSSR count). The molecule has 2 heterocycles. The summed E-state index contributed by atoms with van der Waals surface area (Å²) in [7, 11) is 0. The van der Waals surface area contributed by atoms with Crippen molar-refractivity contribution in [2.45, 2.75) is 38.5 Å². The lowest BCUT2D eigenvalue weighted by Crippen LogP contribution is -2.27. The summed E-state index contributed by atoms with van der Waals surface area (Å²) in [5.74, 6) is 0. The fraction of sp³-hybridized carbons (Fsp3) is 1.00. The molecule has 3 heteroatoms. The minimum atomic E-state index is 1.20. The number of likely N-dealkylation sites (tertiary alicyclic amines) is 2. The molecule has 2 aliphatic rings. The zero-order chi connectivity index (χ0) is 11.8. The molecule has 0 aromatic rings. The van der Waals surface area contributed by atoms with Gasteiger partial charge in [-0.15, -0.1) is 0 Å². The second-order valence-corrected chi connectivity index (χ2v) is 5.55. The van der Waals surface area contributed by atoms with Crippen LogP contribution in [0.15, 0.2) is 0 Å². The van der Waals surface area contributed by atoms with Crippen molar-refractivity contribution in [1.29, 1.82) is 0 Å². The first-order chi connectivity index (χ1) is 8.45. The van der Waals surface area contributed by atoms with E-state index in [1.807, 2.05) is 0 Å². The number of nitrogens with one attached hydrogen (secondary N) is 1. The lowest BCUT2D eigenvalue weighted by atomic mass is 10.3. The number of hydrogen-bond acceptors (Lipinski definition) is 3. The lowest BCUT2D eigenvalue weighted by Gasteiger charge is -2.15. The third-order valence-corrected chi connectivity index (χ3v) is 4.05. The highest BCUT2D eigenvalue weighted by Gasteiger charge is 2.11. The number of nitrogens with zero attached hydrogens (tertiary/aromatic N) is 2. The van der Waals surface area contributed by atoms with Crippen molar-refractivity contribution in [2.24, 2.45) is 0 Å². The van der Waals surface area contributed by atoms with Gasteiger partial charge in [0.25, 0.3) is 0 Å². The van der Waals surface area contributed by atoms with Gasteiger partial charge in [0.2, 0.25) is 0 Å². The maximum Gasteiger partial charge on any atom is -0.000664 e. The van der Waals surface area contributed by atoms with Crippen molar-refractivity contribution in [3.63, 3.8) is 0 Å². The van der Waals surface area contributed by atoms with Crippen LogP contribution in [0.2, 0.25) is 0 Å². The van der Waals surface area contributed by atoms with E-state index < -0.39 is 0 Å². The molecule has 3 nitrogen and oxygen atoms in total. The SMILES string of the molecule is C1CCN(CCCNCCCN2CCCC2)C1. The van der Waals surface area contributed by atoms with E-state index in [0.717, 1.165) is 0 Å². The lowest BCUT2D eigenvalue weighted by molar-refractivity contribution is 0.321. The van der Waals surface area contributed by atoms with Crippen LogP contribution in [-0.4, -0.2) is 62.2 Å². The predicted octanol–water partition coefficient (Wildman–Crippen LogP) is 1.55. The van der Waals surface area contributed by atoms with Crippen molar-refractivity contribution in [1.82, 2.24) is 15.1 Å². The molecule has 0 spiro atoms. The molecule has 0 unspecified atom stereocenters. The molecular formula is C14H29N3.